The minimum Gasteiger partial charge on any atom is -0.497 e. The third kappa shape index (κ3) is 4.72. The largest absolute Gasteiger partial charge is 0.497 e. The van der Waals surface area contributed by atoms with Gasteiger partial charge in [0.15, 0.2) is 5.96 Å². The maximum absolute atomic E-state index is 10.8. The van der Waals surface area contributed by atoms with Gasteiger partial charge >= 0.3 is 0 Å². The Morgan fingerprint density at radius 3 is 2.68 bits per heavy atom. The molecule has 2 fully saturated rings. The second kappa shape index (κ2) is 9.50. The summed E-state index contributed by atoms with van der Waals surface area (Å²) in [6, 6.07) is 5.47. The Hall–Kier alpha value is -1.95. The minimum atomic E-state index is -0.745. The van der Waals surface area contributed by atoms with Crippen LogP contribution in [0.4, 0.5) is 0 Å². The normalized spacial score (nSPS) is 20.3. The average molecular weight is 390 g/mol. The molecule has 6 nitrogen and oxygen atoms in total. The van der Waals surface area contributed by atoms with E-state index in [1.807, 2.05) is 18.2 Å². The van der Waals surface area contributed by atoms with Crippen molar-refractivity contribution in [1.82, 2.24) is 10.2 Å². The van der Waals surface area contributed by atoms with Gasteiger partial charge in [-0.25, -0.2) is 0 Å². The first-order valence-electron chi connectivity index (χ1n) is 10.5. The molecule has 156 valence electrons. The van der Waals surface area contributed by atoms with E-state index in [1.54, 1.807) is 14.2 Å². The SMILES string of the molecule is CCNC(=NCC(O)c1cc(OC)ccc1OC)N1CCC2(CCCCC2)C1. The Morgan fingerprint density at radius 2 is 2.00 bits per heavy atom. The van der Waals surface area contributed by atoms with E-state index in [0.717, 1.165) is 25.6 Å². The lowest BCUT2D eigenvalue weighted by atomic mass is 9.73. The number of aliphatic hydroxyl groups is 1. The van der Waals surface area contributed by atoms with Crippen LogP contribution < -0.4 is 14.8 Å². The highest BCUT2D eigenvalue weighted by Gasteiger charge is 2.39. The molecule has 2 aliphatic rings. The van der Waals surface area contributed by atoms with Crippen molar-refractivity contribution in [2.24, 2.45) is 10.4 Å². The molecule has 1 unspecified atom stereocenters. The highest BCUT2D eigenvalue weighted by molar-refractivity contribution is 5.80. The van der Waals surface area contributed by atoms with Gasteiger partial charge in [-0.1, -0.05) is 19.3 Å². The van der Waals surface area contributed by atoms with Crippen molar-refractivity contribution < 1.29 is 14.6 Å². The first kappa shape index (κ1) is 20.8. The van der Waals surface area contributed by atoms with Gasteiger partial charge in [-0.15, -0.1) is 0 Å². The Labute approximate surface area is 168 Å². The van der Waals surface area contributed by atoms with E-state index in [9.17, 15) is 5.11 Å². The number of ether oxygens (including phenoxy) is 2. The molecule has 1 aliphatic carbocycles. The maximum atomic E-state index is 10.8. The molecule has 1 atom stereocenters. The summed E-state index contributed by atoms with van der Waals surface area (Å²) in [5.74, 6) is 2.26. The lowest BCUT2D eigenvalue weighted by Gasteiger charge is -2.33. The maximum Gasteiger partial charge on any atom is 0.194 e. The summed E-state index contributed by atoms with van der Waals surface area (Å²) in [6.45, 7) is 5.32. The molecule has 0 aromatic heterocycles. The van der Waals surface area contributed by atoms with Gasteiger partial charge in [0.2, 0.25) is 0 Å². The van der Waals surface area contributed by atoms with Crippen LogP contribution in [0.1, 0.15) is 57.1 Å². The van der Waals surface area contributed by atoms with Gasteiger partial charge in [0, 0.05) is 25.2 Å². The van der Waals surface area contributed by atoms with Crippen molar-refractivity contribution in [2.75, 3.05) is 40.4 Å². The summed E-state index contributed by atoms with van der Waals surface area (Å²) in [6.07, 6.45) is 7.28. The van der Waals surface area contributed by atoms with Gasteiger partial charge in [-0.3, -0.25) is 4.99 Å². The van der Waals surface area contributed by atoms with Gasteiger partial charge in [0.05, 0.1) is 20.8 Å². The molecule has 28 heavy (non-hydrogen) atoms. The lowest BCUT2D eigenvalue weighted by Crippen LogP contribution is -2.41. The fourth-order valence-electron chi connectivity index (χ4n) is 4.62. The Kier molecular flexibility index (Phi) is 7.05. The fourth-order valence-corrected chi connectivity index (χ4v) is 4.62. The van der Waals surface area contributed by atoms with E-state index in [1.165, 1.54) is 38.5 Å². The molecule has 6 heteroatoms. The molecule has 1 aliphatic heterocycles. The average Bonchev–Trinajstić information content (AvgIpc) is 3.13. The highest BCUT2D eigenvalue weighted by Crippen LogP contribution is 2.43. The molecule has 1 aromatic carbocycles. The van der Waals surface area contributed by atoms with Gasteiger partial charge in [0.25, 0.3) is 0 Å². The third-order valence-corrected chi connectivity index (χ3v) is 6.20. The first-order chi connectivity index (χ1) is 13.6. The number of aliphatic hydroxyl groups excluding tert-OH is 1. The number of hydrogen-bond acceptors (Lipinski definition) is 4. The zero-order valence-corrected chi connectivity index (χ0v) is 17.5. The number of methoxy groups -OCH3 is 2. The Morgan fingerprint density at radius 1 is 1.21 bits per heavy atom. The van der Waals surface area contributed by atoms with Crippen LogP contribution in [-0.2, 0) is 0 Å². The number of benzene rings is 1. The molecule has 1 spiro atoms. The second-order valence-electron chi connectivity index (χ2n) is 8.05. The van der Waals surface area contributed by atoms with E-state index in [0.29, 0.717) is 22.5 Å². The molecule has 0 amide bonds. The van der Waals surface area contributed by atoms with Crippen molar-refractivity contribution in [1.29, 1.82) is 0 Å². The van der Waals surface area contributed by atoms with Crippen molar-refractivity contribution in [3.05, 3.63) is 23.8 Å². The van der Waals surface area contributed by atoms with E-state index in [4.69, 9.17) is 14.5 Å². The van der Waals surface area contributed by atoms with Crippen LogP contribution in [-0.4, -0.2) is 56.4 Å². The van der Waals surface area contributed by atoms with Crippen LogP contribution in [0.3, 0.4) is 0 Å². The molecular formula is C22H35N3O3. The third-order valence-electron chi connectivity index (χ3n) is 6.20. The zero-order valence-electron chi connectivity index (χ0n) is 17.5. The van der Waals surface area contributed by atoms with Crippen LogP contribution in [0.25, 0.3) is 0 Å². The molecule has 1 heterocycles. The summed E-state index contributed by atoms with van der Waals surface area (Å²) < 4.78 is 10.7. The second-order valence-corrected chi connectivity index (χ2v) is 8.05. The summed E-state index contributed by atoms with van der Waals surface area (Å²) in [5, 5.41) is 14.2. The summed E-state index contributed by atoms with van der Waals surface area (Å²) in [7, 11) is 3.23. The number of guanidine groups is 1. The van der Waals surface area contributed by atoms with Gasteiger partial charge in [0.1, 0.15) is 17.6 Å². The van der Waals surface area contributed by atoms with Crippen LogP contribution in [0.2, 0.25) is 0 Å². The van der Waals surface area contributed by atoms with Gasteiger partial charge in [-0.2, -0.15) is 0 Å². The molecule has 1 aromatic rings. The summed E-state index contributed by atoms with van der Waals surface area (Å²) in [5.41, 5.74) is 1.18. The topological polar surface area (TPSA) is 66.3 Å². The summed E-state index contributed by atoms with van der Waals surface area (Å²) in [4.78, 5) is 7.15. The van der Waals surface area contributed by atoms with E-state index in [-0.39, 0.29) is 6.54 Å². The highest BCUT2D eigenvalue weighted by atomic mass is 16.5. The van der Waals surface area contributed by atoms with Crippen molar-refractivity contribution in [3.8, 4) is 11.5 Å². The molecular weight excluding hydrogens is 354 g/mol. The minimum absolute atomic E-state index is 0.287. The molecule has 2 N–H and O–H groups in total. The lowest BCUT2D eigenvalue weighted by molar-refractivity contribution is 0.181. The number of nitrogens with zero attached hydrogens (tertiary/aromatic N) is 2. The predicted octanol–water partition coefficient (Wildman–Crippen LogP) is 3.36. The quantitative estimate of drug-likeness (QED) is 0.577. The number of aliphatic imine (C=N–C) groups is 1. The standard InChI is InChI=1S/C22H35N3O3/c1-4-23-21(25-13-12-22(16-25)10-6-5-7-11-22)24-15-19(26)18-14-17(27-2)8-9-20(18)28-3/h8-9,14,19,26H,4-7,10-13,15-16H2,1-3H3,(H,23,24). The molecule has 3 rings (SSSR count). The summed E-state index contributed by atoms with van der Waals surface area (Å²) >= 11 is 0. The van der Waals surface area contributed by atoms with Gasteiger partial charge < -0.3 is 24.8 Å². The number of hydrogen-bond donors (Lipinski definition) is 2. The number of likely N-dealkylation sites (tertiary alicyclic amines) is 1. The molecule has 1 saturated carbocycles. The van der Waals surface area contributed by atoms with Gasteiger partial charge in [-0.05, 0) is 49.8 Å². The number of rotatable bonds is 6. The van der Waals surface area contributed by atoms with Crippen molar-refractivity contribution in [2.45, 2.75) is 51.6 Å². The van der Waals surface area contributed by atoms with Crippen LogP contribution in [0, 0.1) is 5.41 Å². The van der Waals surface area contributed by atoms with Crippen LogP contribution in [0.5, 0.6) is 11.5 Å². The fraction of sp³-hybridized carbons (Fsp3) is 0.682. The Balaban J connectivity index is 1.71. The van der Waals surface area contributed by atoms with E-state index in [2.05, 4.69) is 17.1 Å². The van der Waals surface area contributed by atoms with Crippen LogP contribution in [0.15, 0.2) is 23.2 Å². The molecule has 1 saturated heterocycles. The molecule has 0 bridgehead atoms. The zero-order chi connectivity index (χ0) is 20.0. The van der Waals surface area contributed by atoms with Crippen molar-refractivity contribution in [3.63, 3.8) is 0 Å². The predicted molar refractivity (Wildman–Crippen MR) is 112 cm³/mol. The van der Waals surface area contributed by atoms with Crippen molar-refractivity contribution >= 4 is 5.96 Å². The Bertz CT molecular complexity index is 671. The number of nitrogens with one attached hydrogen (secondary N) is 1. The molecule has 0 radical (unpaired) electrons. The van der Waals surface area contributed by atoms with E-state index < -0.39 is 6.10 Å². The van der Waals surface area contributed by atoms with Crippen LogP contribution >= 0.6 is 0 Å². The smallest absolute Gasteiger partial charge is 0.194 e. The first-order valence-corrected chi connectivity index (χ1v) is 10.5. The van der Waals surface area contributed by atoms with E-state index >= 15 is 0 Å². The monoisotopic (exact) mass is 389 g/mol.